The Morgan fingerprint density at radius 1 is 1.50 bits per heavy atom. The number of nitriles is 1. The molecule has 0 aliphatic carbocycles. The number of pyridine rings is 1. The molecule has 0 aliphatic heterocycles. The first kappa shape index (κ1) is 10.5. The fourth-order valence-corrected chi connectivity index (χ4v) is 1.25. The SMILES string of the molecule is CCCOc1cc(C)c(C#N)c(C)n1. The summed E-state index contributed by atoms with van der Waals surface area (Å²) in [5, 5.41) is 8.84. The van der Waals surface area contributed by atoms with E-state index in [1.165, 1.54) is 0 Å². The second kappa shape index (κ2) is 4.61. The third-order valence-electron chi connectivity index (χ3n) is 1.94. The van der Waals surface area contributed by atoms with E-state index in [2.05, 4.69) is 11.1 Å². The average molecular weight is 190 g/mol. The van der Waals surface area contributed by atoms with Crippen LogP contribution in [-0.4, -0.2) is 11.6 Å². The van der Waals surface area contributed by atoms with E-state index in [1.807, 2.05) is 20.8 Å². The Balaban J connectivity index is 2.97. The fourth-order valence-electron chi connectivity index (χ4n) is 1.25. The molecule has 3 heteroatoms. The van der Waals surface area contributed by atoms with Crippen LogP contribution in [0, 0.1) is 25.2 Å². The van der Waals surface area contributed by atoms with Gasteiger partial charge < -0.3 is 4.74 Å². The Morgan fingerprint density at radius 2 is 2.21 bits per heavy atom. The highest BCUT2D eigenvalue weighted by atomic mass is 16.5. The third-order valence-corrected chi connectivity index (χ3v) is 1.94. The van der Waals surface area contributed by atoms with Gasteiger partial charge in [0.25, 0.3) is 0 Å². The molecule has 0 unspecified atom stereocenters. The minimum atomic E-state index is 0.612. The zero-order chi connectivity index (χ0) is 10.6. The maximum Gasteiger partial charge on any atom is 0.213 e. The minimum absolute atomic E-state index is 0.612. The second-order valence-corrected chi connectivity index (χ2v) is 3.20. The van der Waals surface area contributed by atoms with Gasteiger partial charge in [-0.15, -0.1) is 0 Å². The van der Waals surface area contributed by atoms with Gasteiger partial charge in [-0.25, -0.2) is 4.98 Å². The minimum Gasteiger partial charge on any atom is -0.478 e. The summed E-state index contributed by atoms with van der Waals surface area (Å²) >= 11 is 0. The van der Waals surface area contributed by atoms with E-state index in [0.717, 1.165) is 17.7 Å². The van der Waals surface area contributed by atoms with Crippen LogP contribution in [0.4, 0.5) is 0 Å². The normalized spacial score (nSPS) is 9.57. The molecular formula is C11H14N2O. The molecule has 0 radical (unpaired) electrons. The molecule has 14 heavy (non-hydrogen) atoms. The molecule has 0 fully saturated rings. The summed E-state index contributed by atoms with van der Waals surface area (Å²) < 4.78 is 5.40. The molecular weight excluding hydrogens is 176 g/mol. The largest absolute Gasteiger partial charge is 0.478 e. The number of ether oxygens (including phenoxy) is 1. The van der Waals surface area contributed by atoms with Gasteiger partial charge in [-0.2, -0.15) is 5.26 Å². The molecule has 0 aliphatic rings. The number of nitrogens with zero attached hydrogens (tertiary/aromatic N) is 2. The summed E-state index contributed by atoms with van der Waals surface area (Å²) in [5.74, 6) is 0.612. The van der Waals surface area contributed by atoms with Crippen molar-refractivity contribution in [2.24, 2.45) is 0 Å². The van der Waals surface area contributed by atoms with Crippen LogP contribution in [0.25, 0.3) is 0 Å². The van der Waals surface area contributed by atoms with Crippen molar-refractivity contribution in [2.45, 2.75) is 27.2 Å². The highest BCUT2D eigenvalue weighted by Gasteiger charge is 2.06. The number of aromatic nitrogens is 1. The molecule has 1 heterocycles. The van der Waals surface area contributed by atoms with E-state index in [4.69, 9.17) is 10.00 Å². The summed E-state index contributed by atoms with van der Waals surface area (Å²) in [7, 11) is 0. The number of hydrogen-bond acceptors (Lipinski definition) is 3. The lowest BCUT2D eigenvalue weighted by Gasteiger charge is -2.07. The fraction of sp³-hybridized carbons (Fsp3) is 0.455. The molecule has 0 amide bonds. The lowest BCUT2D eigenvalue weighted by molar-refractivity contribution is 0.304. The Bertz CT molecular complexity index is 343. The highest BCUT2D eigenvalue weighted by molar-refractivity contribution is 5.42. The molecule has 0 aromatic carbocycles. The summed E-state index contributed by atoms with van der Waals surface area (Å²) in [5.41, 5.74) is 2.30. The van der Waals surface area contributed by atoms with Crippen LogP contribution in [-0.2, 0) is 0 Å². The van der Waals surface area contributed by atoms with Crippen LogP contribution < -0.4 is 4.74 Å². The quantitative estimate of drug-likeness (QED) is 0.735. The van der Waals surface area contributed by atoms with Crippen LogP contribution in [0.15, 0.2) is 6.07 Å². The van der Waals surface area contributed by atoms with Crippen LogP contribution in [0.1, 0.15) is 30.2 Å². The summed E-state index contributed by atoms with van der Waals surface area (Å²) in [6.45, 7) is 6.43. The first-order valence-electron chi connectivity index (χ1n) is 4.70. The van der Waals surface area contributed by atoms with Gasteiger partial charge in [0, 0.05) is 6.07 Å². The van der Waals surface area contributed by atoms with Crippen molar-refractivity contribution >= 4 is 0 Å². The molecule has 0 saturated heterocycles. The monoisotopic (exact) mass is 190 g/mol. The van der Waals surface area contributed by atoms with Gasteiger partial charge >= 0.3 is 0 Å². The Hall–Kier alpha value is -1.56. The van der Waals surface area contributed by atoms with Gasteiger partial charge in [0.15, 0.2) is 0 Å². The summed E-state index contributed by atoms with van der Waals surface area (Å²) in [6.07, 6.45) is 0.958. The van der Waals surface area contributed by atoms with Gasteiger partial charge in [0.05, 0.1) is 17.9 Å². The van der Waals surface area contributed by atoms with E-state index < -0.39 is 0 Å². The number of hydrogen-bond donors (Lipinski definition) is 0. The van der Waals surface area contributed by atoms with Crippen molar-refractivity contribution < 1.29 is 4.74 Å². The van der Waals surface area contributed by atoms with Gasteiger partial charge in [-0.1, -0.05) is 6.92 Å². The molecule has 3 nitrogen and oxygen atoms in total. The van der Waals surface area contributed by atoms with E-state index in [1.54, 1.807) is 6.07 Å². The van der Waals surface area contributed by atoms with Gasteiger partial charge in [0.1, 0.15) is 6.07 Å². The predicted octanol–water partition coefficient (Wildman–Crippen LogP) is 2.36. The van der Waals surface area contributed by atoms with Crippen LogP contribution in [0.3, 0.4) is 0 Å². The highest BCUT2D eigenvalue weighted by Crippen LogP contribution is 2.16. The van der Waals surface area contributed by atoms with Crippen LogP contribution in [0.2, 0.25) is 0 Å². The van der Waals surface area contributed by atoms with Crippen LogP contribution in [0.5, 0.6) is 5.88 Å². The maximum absolute atomic E-state index is 8.84. The number of rotatable bonds is 3. The van der Waals surface area contributed by atoms with Gasteiger partial charge in [-0.05, 0) is 25.8 Å². The molecule has 0 N–H and O–H groups in total. The summed E-state index contributed by atoms with van der Waals surface area (Å²) in [6, 6.07) is 3.94. The second-order valence-electron chi connectivity index (χ2n) is 3.20. The maximum atomic E-state index is 8.84. The Labute approximate surface area is 84.3 Å². The van der Waals surface area contributed by atoms with Crippen molar-refractivity contribution in [3.8, 4) is 11.9 Å². The van der Waals surface area contributed by atoms with Crippen molar-refractivity contribution in [2.75, 3.05) is 6.61 Å². The Kier molecular flexibility index (Phi) is 3.47. The van der Waals surface area contributed by atoms with E-state index >= 15 is 0 Å². The van der Waals surface area contributed by atoms with Gasteiger partial charge in [-0.3, -0.25) is 0 Å². The topological polar surface area (TPSA) is 45.9 Å². The predicted molar refractivity (Wildman–Crippen MR) is 54.2 cm³/mol. The zero-order valence-electron chi connectivity index (χ0n) is 8.79. The molecule has 0 saturated carbocycles. The average Bonchev–Trinajstić information content (AvgIpc) is 2.14. The lowest BCUT2D eigenvalue weighted by Crippen LogP contribution is -2.00. The van der Waals surface area contributed by atoms with E-state index in [-0.39, 0.29) is 0 Å². The van der Waals surface area contributed by atoms with Gasteiger partial charge in [0.2, 0.25) is 5.88 Å². The lowest BCUT2D eigenvalue weighted by atomic mass is 10.1. The summed E-state index contributed by atoms with van der Waals surface area (Å²) in [4.78, 5) is 4.20. The van der Waals surface area contributed by atoms with Crippen LogP contribution >= 0.6 is 0 Å². The first-order chi connectivity index (χ1) is 6.69. The molecule has 0 spiro atoms. The molecule has 0 atom stereocenters. The number of aryl methyl sites for hydroxylation is 2. The van der Waals surface area contributed by atoms with Crippen molar-refractivity contribution in [1.29, 1.82) is 5.26 Å². The molecule has 1 aromatic heterocycles. The Morgan fingerprint density at radius 3 is 2.71 bits per heavy atom. The van der Waals surface area contributed by atoms with E-state index in [0.29, 0.717) is 18.1 Å². The third kappa shape index (κ3) is 2.23. The van der Waals surface area contributed by atoms with Crippen molar-refractivity contribution in [1.82, 2.24) is 4.98 Å². The zero-order valence-corrected chi connectivity index (χ0v) is 8.79. The van der Waals surface area contributed by atoms with E-state index in [9.17, 15) is 0 Å². The molecule has 1 rings (SSSR count). The standard InChI is InChI=1S/C11H14N2O/c1-4-5-14-11-6-8(2)10(7-12)9(3)13-11/h6H,4-5H2,1-3H3. The first-order valence-corrected chi connectivity index (χ1v) is 4.70. The molecule has 0 bridgehead atoms. The molecule has 1 aromatic rings. The molecule has 74 valence electrons. The van der Waals surface area contributed by atoms with Crippen molar-refractivity contribution in [3.05, 3.63) is 22.9 Å². The smallest absolute Gasteiger partial charge is 0.213 e. The van der Waals surface area contributed by atoms with Crippen molar-refractivity contribution in [3.63, 3.8) is 0 Å².